The molecule has 0 aliphatic rings. The predicted octanol–water partition coefficient (Wildman–Crippen LogP) is 3.30. The van der Waals surface area contributed by atoms with Gasteiger partial charge in [-0.25, -0.2) is 9.97 Å². The van der Waals surface area contributed by atoms with Gasteiger partial charge in [0.05, 0.1) is 28.3 Å². The van der Waals surface area contributed by atoms with Gasteiger partial charge in [-0.2, -0.15) is 0 Å². The molecule has 3 aromatic heterocycles. The molecule has 0 saturated carbocycles. The zero-order valence-electron chi connectivity index (χ0n) is 17.0. The largest absolute Gasteiger partial charge is 0.343 e. The monoisotopic (exact) mass is 412 g/mol. The Bertz CT molecular complexity index is 1480. The van der Waals surface area contributed by atoms with Crippen LogP contribution >= 0.6 is 0 Å². The lowest BCUT2D eigenvalue weighted by atomic mass is 10.1. The van der Waals surface area contributed by atoms with Crippen LogP contribution in [-0.2, 0) is 7.05 Å². The van der Waals surface area contributed by atoms with E-state index in [1.54, 1.807) is 19.3 Å². The molecule has 5 rings (SSSR count). The highest BCUT2D eigenvalue weighted by atomic mass is 16.2. The van der Waals surface area contributed by atoms with Crippen LogP contribution in [0.5, 0.6) is 0 Å². The van der Waals surface area contributed by atoms with Crippen LogP contribution in [0.15, 0.2) is 65.6 Å². The van der Waals surface area contributed by atoms with E-state index in [2.05, 4.69) is 25.5 Å². The first-order valence-electron chi connectivity index (χ1n) is 9.90. The molecule has 0 spiro atoms. The molecule has 1 amide bonds. The Morgan fingerprint density at radius 1 is 1.03 bits per heavy atom. The molecule has 1 atom stereocenters. The Hall–Kier alpha value is -4.20. The first-order valence-corrected chi connectivity index (χ1v) is 9.90. The highest BCUT2D eigenvalue weighted by Gasteiger charge is 2.18. The van der Waals surface area contributed by atoms with Crippen molar-refractivity contribution in [3.8, 4) is 11.3 Å². The van der Waals surface area contributed by atoms with Gasteiger partial charge < -0.3 is 15.0 Å². The van der Waals surface area contributed by atoms with E-state index in [4.69, 9.17) is 0 Å². The van der Waals surface area contributed by atoms with Gasteiger partial charge >= 0.3 is 0 Å². The average molecular weight is 412 g/mol. The molecule has 0 radical (unpaired) electrons. The summed E-state index contributed by atoms with van der Waals surface area (Å²) in [7, 11) is 1.71. The van der Waals surface area contributed by atoms with Gasteiger partial charge in [-0.1, -0.05) is 30.3 Å². The summed E-state index contributed by atoms with van der Waals surface area (Å²) in [6.45, 7) is 1.93. The molecule has 0 fully saturated rings. The number of carbonyl (C=O) groups excluding carboxylic acids is 1. The standard InChI is InChI=1S/C23H20N6O2/c1-13(14-6-4-3-5-7-14)24-23(31)22-25-18-10-16-17(11-19(18)26-22)27-28-21(16)15-8-9-20(30)29(2)12-15/h3-13,27-28H,1-2H3,(H,24,31). The second-order valence-electron chi connectivity index (χ2n) is 7.53. The van der Waals surface area contributed by atoms with Gasteiger partial charge in [0.25, 0.3) is 5.91 Å². The van der Waals surface area contributed by atoms with Crippen molar-refractivity contribution >= 4 is 27.8 Å². The van der Waals surface area contributed by atoms with Crippen LogP contribution in [0.3, 0.4) is 0 Å². The molecule has 0 aliphatic heterocycles. The summed E-state index contributed by atoms with van der Waals surface area (Å²) in [5.74, 6) is -0.181. The van der Waals surface area contributed by atoms with Gasteiger partial charge in [-0.05, 0) is 30.7 Å². The van der Waals surface area contributed by atoms with Crippen LogP contribution in [-0.4, -0.2) is 30.6 Å². The summed E-state index contributed by atoms with van der Waals surface area (Å²) >= 11 is 0. The van der Waals surface area contributed by atoms with E-state index >= 15 is 0 Å². The van der Waals surface area contributed by atoms with Crippen LogP contribution in [0.25, 0.3) is 33.2 Å². The number of hydrogen-bond donors (Lipinski definition) is 3. The SMILES string of the molecule is CC(NC(=O)c1nc2cc3[nH][nH]c(-c4ccc(=O)n(C)c4)c3cc2n1)c1ccccc1. The zero-order chi connectivity index (χ0) is 21.5. The van der Waals surface area contributed by atoms with Gasteiger partial charge in [0, 0.05) is 30.3 Å². The van der Waals surface area contributed by atoms with Gasteiger partial charge in [-0.15, -0.1) is 0 Å². The Balaban J connectivity index is 1.49. The van der Waals surface area contributed by atoms with E-state index in [0.29, 0.717) is 11.0 Å². The van der Waals surface area contributed by atoms with Gasteiger partial charge in [-0.3, -0.25) is 14.7 Å². The molecular formula is C23H20N6O2. The molecular weight excluding hydrogens is 392 g/mol. The Kier molecular flexibility index (Phi) is 4.39. The fraction of sp³-hybridized carbons (Fsp3) is 0.130. The van der Waals surface area contributed by atoms with Crippen molar-refractivity contribution in [1.29, 1.82) is 0 Å². The number of nitrogens with zero attached hydrogens (tertiary/aromatic N) is 3. The molecule has 154 valence electrons. The maximum absolute atomic E-state index is 12.7. The minimum atomic E-state index is -0.318. The van der Waals surface area contributed by atoms with Crippen molar-refractivity contribution in [3.05, 3.63) is 82.5 Å². The van der Waals surface area contributed by atoms with E-state index in [1.807, 2.05) is 49.4 Å². The number of benzene rings is 2. The van der Waals surface area contributed by atoms with E-state index in [1.165, 1.54) is 10.6 Å². The Morgan fingerprint density at radius 3 is 2.52 bits per heavy atom. The summed E-state index contributed by atoms with van der Waals surface area (Å²) in [6.07, 6.45) is 1.77. The maximum atomic E-state index is 12.7. The molecule has 31 heavy (non-hydrogen) atoms. The number of imidazole rings is 1. The highest BCUT2D eigenvalue weighted by molar-refractivity contribution is 6.02. The number of aryl methyl sites for hydroxylation is 1. The van der Waals surface area contributed by atoms with E-state index in [9.17, 15) is 9.59 Å². The maximum Gasteiger partial charge on any atom is 0.289 e. The number of aromatic nitrogens is 5. The third kappa shape index (κ3) is 3.38. The van der Waals surface area contributed by atoms with Crippen LogP contribution in [0.2, 0.25) is 0 Å². The van der Waals surface area contributed by atoms with Crippen molar-refractivity contribution in [1.82, 2.24) is 30.0 Å². The summed E-state index contributed by atoms with van der Waals surface area (Å²) in [5.41, 5.74) is 4.73. The van der Waals surface area contributed by atoms with E-state index in [0.717, 1.165) is 27.7 Å². The topological polar surface area (TPSA) is 108 Å². The van der Waals surface area contributed by atoms with Crippen molar-refractivity contribution in [2.45, 2.75) is 13.0 Å². The first kappa shape index (κ1) is 18.8. The van der Waals surface area contributed by atoms with Gasteiger partial charge in [0.1, 0.15) is 0 Å². The minimum Gasteiger partial charge on any atom is -0.343 e. The Labute approximate surface area is 176 Å². The zero-order valence-corrected chi connectivity index (χ0v) is 17.0. The van der Waals surface area contributed by atoms with Crippen LogP contribution < -0.4 is 10.9 Å². The quantitative estimate of drug-likeness (QED) is 0.421. The van der Waals surface area contributed by atoms with Crippen molar-refractivity contribution in [2.24, 2.45) is 7.05 Å². The lowest BCUT2D eigenvalue weighted by molar-refractivity contribution is 0.0930. The second kappa shape index (κ2) is 7.24. The van der Waals surface area contributed by atoms with Gasteiger partial charge in [0.2, 0.25) is 11.4 Å². The van der Waals surface area contributed by atoms with E-state index in [-0.39, 0.29) is 23.3 Å². The lowest BCUT2D eigenvalue weighted by Gasteiger charge is -2.12. The number of nitrogens with one attached hydrogen (secondary N) is 3. The number of rotatable bonds is 4. The Morgan fingerprint density at radius 2 is 1.77 bits per heavy atom. The van der Waals surface area contributed by atoms with Crippen LogP contribution in [0.1, 0.15) is 29.1 Å². The first-order chi connectivity index (χ1) is 15.0. The molecule has 3 N–H and O–H groups in total. The molecule has 5 aromatic rings. The number of carbonyl (C=O) groups is 1. The van der Waals surface area contributed by atoms with E-state index < -0.39 is 0 Å². The summed E-state index contributed by atoms with van der Waals surface area (Å²) in [4.78, 5) is 33.3. The minimum absolute atomic E-state index is 0.0757. The fourth-order valence-corrected chi connectivity index (χ4v) is 3.67. The third-order valence-corrected chi connectivity index (χ3v) is 5.38. The predicted molar refractivity (Wildman–Crippen MR) is 119 cm³/mol. The summed E-state index contributed by atoms with van der Waals surface area (Å²) < 4.78 is 1.53. The molecule has 0 aliphatic carbocycles. The summed E-state index contributed by atoms with van der Waals surface area (Å²) in [6, 6.07) is 16.6. The number of hydrogen-bond acceptors (Lipinski definition) is 4. The molecule has 1 unspecified atom stereocenters. The van der Waals surface area contributed by atoms with Gasteiger partial charge in [0.15, 0.2) is 0 Å². The average Bonchev–Trinajstić information content (AvgIpc) is 3.38. The number of aromatic amines is 2. The molecule has 2 aromatic carbocycles. The van der Waals surface area contributed by atoms with Crippen molar-refractivity contribution < 1.29 is 4.79 Å². The van der Waals surface area contributed by atoms with Crippen LogP contribution in [0.4, 0.5) is 0 Å². The highest BCUT2D eigenvalue weighted by Crippen LogP contribution is 2.28. The second-order valence-corrected chi connectivity index (χ2v) is 7.53. The third-order valence-electron chi connectivity index (χ3n) is 5.38. The normalized spacial score (nSPS) is 12.3. The smallest absolute Gasteiger partial charge is 0.289 e. The number of amides is 1. The molecule has 8 heteroatoms. The molecule has 0 bridgehead atoms. The van der Waals surface area contributed by atoms with Crippen molar-refractivity contribution in [2.75, 3.05) is 0 Å². The fourth-order valence-electron chi connectivity index (χ4n) is 3.67. The molecule has 8 nitrogen and oxygen atoms in total. The number of pyridine rings is 1. The van der Waals surface area contributed by atoms with Crippen LogP contribution in [0, 0.1) is 0 Å². The summed E-state index contributed by atoms with van der Waals surface area (Å²) in [5, 5.41) is 10.1. The van der Waals surface area contributed by atoms with Crippen molar-refractivity contribution in [3.63, 3.8) is 0 Å². The molecule has 0 saturated heterocycles. The number of H-pyrrole nitrogens is 2. The lowest BCUT2D eigenvalue weighted by Crippen LogP contribution is -2.27. The number of fused-ring (bicyclic) bond motifs is 2. The molecule has 3 heterocycles.